The third-order valence-electron chi connectivity index (χ3n) is 5.80. The van der Waals surface area contributed by atoms with E-state index in [2.05, 4.69) is 24.8 Å². The van der Waals surface area contributed by atoms with E-state index in [0.717, 1.165) is 43.2 Å². The molecule has 0 bridgehead atoms. The van der Waals surface area contributed by atoms with Crippen LogP contribution in [0.25, 0.3) is 5.57 Å². The first kappa shape index (κ1) is 16.8. The topological polar surface area (TPSA) is 37.3 Å². The first-order valence-electron chi connectivity index (χ1n) is 8.95. The van der Waals surface area contributed by atoms with Crippen LogP contribution in [0.15, 0.2) is 61.2 Å². The number of benzene rings is 1. The molecule has 1 unspecified atom stereocenters. The van der Waals surface area contributed by atoms with E-state index in [1.54, 1.807) is 0 Å². The Labute approximate surface area is 144 Å². The van der Waals surface area contributed by atoms with Gasteiger partial charge in [-0.3, -0.25) is 4.79 Å². The van der Waals surface area contributed by atoms with Crippen molar-refractivity contribution in [2.75, 3.05) is 0 Å². The van der Waals surface area contributed by atoms with E-state index in [0.29, 0.717) is 12.3 Å². The van der Waals surface area contributed by atoms with Crippen molar-refractivity contribution in [3.63, 3.8) is 0 Å². The molecule has 0 aliphatic heterocycles. The second-order valence-electron chi connectivity index (χ2n) is 7.15. The van der Waals surface area contributed by atoms with E-state index < -0.39 is 11.4 Å². The first-order chi connectivity index (χ1) is 11.7. The Morgan fingerprint density at radius 2 is 1.92 bits per heavy atom. The van der Waals surface area contributed by atoms with Crippen molar-refractivity contribution in [2.24, 2.45) is 17.3 Å². The van der Waals surface area contributed by atoms with Crippen LogP contribution in [0.1, 0.15) is 44.1 Å². The molecule has 126 valence electrons. The fourth-order valence-electron chi connectivity index (χ4n) is 4.28. The van der Waals surface area contributed by atoms with Gasteiger partial charge < -0.3 is 5.11 Å². The molecular formula is C22H26O2. The van der Waals surface area contributed by atoms with Gasteiger partial charge in [0.2, 0.25) is 0 Å². The van der Waals surface area contributed by atoms with Gasteiger partial charge in [0.25, 0.3) is 0 Å². The first-order valence-corrected chi connectivity index (χ1v) is 8.95. The van der Waals surface area contributed by atoms with Gasteiger partial charge in [-0.15, -0.1) is 6.58 Å². The summed E-state index contributed by atoms with van der Waals surface area (Å²) in [6.07, 6.45) is 14.0. The standard InChI is InChI=1S/C22H26O2/c1-2-6-17-9-11-20(12-10-17)22(21(23)24)15-13-19(14-16-22)18-7-4-3-5-8-18/h2-5,7-8,13-15,17,20H,1,6,9-12,16H2,(H,23,24)/t17-,20-,22?. The smallest absolute Gasteiger partial charge is 0.314 e. The molecule has 1 N–H and O–H groups in total. The Morgan fingerprint density at radius 3 is 2.46 bits per heavy atom. The molecule has 3 rings (SSSR count). The van der Waals surface area contributed by atoms with E-state index in [-0.39, 0.29) is 5.92 Å². The Balaban J connectivity index is 1.75. The molecule has 24 heavy (non-hydrogen) atoms. The molecule has 0 radical (unpaired) electrons. The molecule has 0 amide bonds. The van der Waals surface area contributed by atoms with E-state index in [9.17, 15) is 9.90 Å². The zero-order valence-corrected chi connectivity index (χ0v) is 14.2. The summed E-state index contributed by atoms with van der Waals surface area (Å²) in [5, 5.41) is 9.97. The molecule has 2 aliphatic carbocycles. The number of hydrogen-bond donors (Lipinski definition) is 1. The lowest BCUT2D eigenvalue weighted by Gasteiger charge is -2.40. The van der Waals surface area contributed by atoms with Crippen LogP contribution in [0.2, 0.25) is 0 Å². The highest BCUT2D eigenvalue weighted by Gasteiger charge is 2.45. The molecule has 2 nitrogen and oxygen atoms in total. The normalized spacial score (nSPS) is 29.8. The molecular weight excluding hydrogens is 296 g/mol. The maximum atomic E-state index is 12.1. The zero-order valence-electron chi connectivity index (χ0n) is 14.2. The van der Waals surface area contributed by atoms with Crippen molar-refractivity contribution in [2.45, 2.75) is 38.5 Å². The summed E-state index contributed by atoms with van der Waals surface area (Å²) in [4.78, 5) is 12.1. The Morgan fingerprint density at radius 1 is 1.21 bits per heavy atom. The second kappa shape index (κ2) is 7.21. The molecule has 1 aromatic rings. The number of rotatable bonds is 5. The maximum absolute atomic E-state index is 12.1. The summed E-state index contributed by atoms with van der Waals surface area (Å²) in [7, 11) is 0. The van der Waals surface area contributed by atoms with Crippen molar-refractivity contribution < 1.29 is 9.90 Å². The van der Waals surface area contributed by atoms with E-state index >= 15 is 0 Å². The minimum Gasteiger partial charge on any atom is -0.481 e. The van der Waals surface area contributed by atoms with E-state index in [1.165, 1.54) is 0 Å². The molecule has 1 fully saturated rings. The van der Waals surface area contributed by atoms with Gasteiger partial charge in [-0.2, -0.15) is 0 Å². The van der Waals surface area contributed by atoms with Crippen LogP contribution >= 0.6 is 0 Å². The minimum atomic E-state index is -0.725. The highest BCUT2D eigenvalue weighted by molar-refractivity contribution is 5.83. The van der Waals surface area contributed by atoms with Crippen LogP contribution in [-0.4, -0.2) is 11.1 Å². The third-order valence-corrected chi connectivity index (χ3v) is 5.80. The third kappa shape index (κ3) is 3.24. The van der Waals surface area contributed by atoms with Crippen LogP contribution in [0.4, 0.5) is 0 Å². The number of aliphatic carboxylic acids is 1. The number of carboxylic acid groups (broad SMARTS) is 1. The predicted molar refractivity (Wildman–Crippen MR) is 98.5 cm³/mol. The molecule has 0 heterocycles. The molecule has 1 atom stereocenters. The fourth-order valence-corrected chi connectivity index (χ4v) is 4.28. The fraction of sp³-hybridized carbons (Fsp3) is 0.409. The summed E-state index contributed by atoms with van der Waals surface area (Å²) in [5.74, 6) is 0.253. The van der Waals surface area contributed by atoms with Crippen LogP contribution in [0.3, 0.4) is 0 Å². The Kier molecular flexibility index (Phi) is 5.03. The van der Waals surface area contributed by atoms with Crippen molar-refractivity contribution >= 4 is 11.5 Å². The summed E-state index contributed by atoms with van der Waals surface area (Å²) in [6, 6.07) is 10.2. The highest BCUT2D eigenvalue weighted by Crippen LogP contribution is 2.47. The van der Waals surface area contributed by atoms with Gasteiger partial charge in [0, 0.05) is 0 Å². The van der Waals surface area contributed by atoms with E-state index in [1.807, 2.05) is 36.4 Å². The molecule has 2 aliphatic rings. The summed E-state index contributed by atoms with van der Waals surface area (Å²) in [6.45, 7) is 3.83. The quantitative estimate of drug-likeness (QED) is 0.728. The van der Waals surface area contributed by atoms with Crippen molar-refractivity contribution in [3.8, 4) is 0 Å². The van der Waals surface area contributed by atoms with Gasteiger partial charge in [-0.05, 0) is 61.5 Å². The molecule has 0 spiro atoms. The molecule has 1 aromatic carbocycles. The molecule has 1 saturated carbocycles. The number of hydrogen-bond acceptors (Lipinski definition) is 1. The number of carbonyl (C=O) groups is 1. The highest BCUT2D eigenvalue weighted by atomic mass is 16.4. The number of allylic oxidation sites excluding steroid dienone is 4. The number of carboxylic acids is 1. The second-order valence-corrected chi connectivity index (χ2v) is 7.15. The Bertz CT molecular complexity index is 648. The van der Waals surface area contributed by atoms with Gasteiger partial charge in [0.1, 0.15) is 0 Å². The van der Waals surface area contributed by atoms with Crippen LogP contribution in [0.5, 0.6) is 0 Å². The maximum Gasteiger partial charge on any atom is 0.314 e. The van der Waals surface area contributed by atoms with Crippen molar-refractivity contribution in [3.05, 3.63) is 66.8 Å². The van der Waals surface area contributed by atoms with Crippen LogP contribution < -0.4 is 0 Å². The van der Waals surface area contributed by atoms with Gasteiger partial charge in [0.05, 0.1) is 5.41 Å². The SMILES string of the molecule is C=CC[C@H]1CC[C@H](C2(C(=O)O)C=CC(c3ccccc3)=CC2)CC1. The van der Waals surface area contributed by atoms with Gasteiger partial charge in [-0.25, -0.2) is 0 Å². The molecule has 0 aromatic heterocycles. The van der Waals surface area contributed by atoms with Crippen molar-refractivity contribution in [1.29, 1.82) is 0 Å². The monoisotopic (exact) mass is 322 g/mol. The van der Waals surface area contributed by atoms with Crippen LogP contribution in [0, 0.1) is 17.3 Å². The largest absolute Gasteiger partial charge is 0.481 e. The lowest BCUT2D eigenvalue weighted by Crippen LogP contribution is -2.39. The average Bonchev–Trinajstić information content (AvgIpc) is 2.63. The summed E-state index contributed by atoms with van der Waals surface area (Å²) < 4.78 is 0. The van der Waals surface area contributed by atoms with Gasteiger partial charge in [-0.1, -0.05) is 54.6 Å². The summed E-state index contributed by atoms with van der Waals surface area (Å²) in [5.41, 5.74) is 1.56. The van der Waals surface area contributed by atoms with Crippen molar-refractivity contribution in [1.82, 2.24) is 0 Å². The zero-order chi connectivity index (χ0) is 17.0. The molecule has 0 saturated heterocycles. The van der Waals surface area contributed by atoms with Crippen LogP contribution in [-0.2, 0) is 4.79 Å². The molecule has 2 heteroatoms. The van der Waals surface area contributed by atoms with Gasteiger partial charge in [0.15, 0.2) is 0 Å². The lowest BCUT2D eigenvalue weighted by molar-refractivity contribution is -0.149. The predicted octanol–water partition coefficient (Wildman–Crippen LogP) is 5.48. The Hall–Kier alpha value is -2.09. The van der Waals surface area contributed by atoms with Gasteiger partial charge >= 0.3 is 5.97 Å². The lowest BCUT2D eigenvalue weighted by atomic mass is 9.63. The minimum absolute atomic E-state index is 0.237. The van der Waals surface area contributed by atoms with E-state index in [4.69, 9.17) is 0 Å². The average molecular weight is 322 g/mol. The summed E-state index contributed by atoms with van der Waals surface area (Å²) >= 11 is 0.